The van der Waals surface area contributed by atoms with Crippen molar-refractivity contribution >= 4 is 46.6 Å². The predicted octanol–water partition coefficient (Wildman–Crippen LogP) is 3.00. The fourth-order valence-corrected chi connectivity index (χ4v) is 3.93. The summed E-state index contributed by atoms with van der Waals surface area (Å²) in [7, 11) is 1.59. The smallest absolute Gasteiger partial charge is 0.338 e. The number of nitrogens with zero attached hydrogens (tertiary/aromatic N) is 2. The fraction of sp³-hybridized carbons (Fsp3) is 0.200. The van der Waals surface area contributed by atoms with E-state index in [9.17, 15) is 19.2 Å². The van der Waals surface area contributed by atoms with Crippen molar-refractivity contribution in [2.24, 2.45) is 0 Å². The summed E-state index contributed by atoms with van der Waals surface area (Å²) in [5, 5.41) is 0. The van der Waals surface area contributed by atoms with E-state index in [1.54, 1.807) is 13.1 Å². The second-order valence-corrected chi connectivity index (χ2v) is 8.10. The summed E-state index contributed by atoms with van der Waals surface area (Å²) in [6, 6.07) is 7.68. The lowest BCUT2D eigenvalue weighted by atomic mass is 10.1. The van der Waals surface area contributed by atoms with Crippen LogP contribution in [0.4, 0.5) is 0 Å². The number of hydrogen-bond donors (Lipinski definition) is 0. The van der Waals surface area contributed by atoms with E-state index >= 15 is 0 Å². The molecule has 0 spiro atoms. The lowest BCUT2D eigenvalue weighted by Gasteiger charge is -2.16. The average molecular weight is 433 g/mol. The molecule has 0 unspecified atom stereocenters. The van der Waals surface area contributed by atoms with Gasteiger partial charge in [0.1, 0.15) is 0 Å². The summed E-state index contributed by atoms with van der Waals surface area (Å²) in [4.78, 5) is 52.4. The van der Waals surface area contributed by atoms with Crippen LogP contribution in [0.15, 0.2) is 43.0 Å². The van der Waals surface area contributed by atoms with E-state index in [4.69, 9.17) is 16.3 Å². The van der Waals surface area contributed by atoms with Gasteiger partial charge in [0.05, 0.1) is 27.6 Å². The number of thiophene rings is 1. The van der Waals surface area contributed by atoms with Crippen molar-refractivity contribution < 1.29 is 23.9 Å². The molecular weight excluding hydrogens is 416 g/mol. The van der Waals surface area contributed by atoms with E-state index in [2.05, 4.69) is 6.58 Å². The third-order valence-electron chi connectivity index (χ3n) is 4.29. The molecule has 150 valence electrons. The monoisotopic (exact) mass is 432 g/mol. The number of rotatable bonds is 7. The average Bonchev–Trinajstić information content (AvgIpc) is 3.21. The zero-order valence-corrected chi connectivity index (χ0v) is 17.1. The number of carbonyl (C=O) groups excluding carboxylic acids is 4. The van der Waals surface area contributed by atoms with Gasteiger partial charge in [-0.05, 0) is 30.3 Å². The zero-order valence-electron chi connectivity index (χ0n) is 15.5. The third kappa shape index (κ3) is 4.38. The van der Waals surface area contributed by atoms with Crippen molar-refractivity contribution in [2.75, 3.05) is 20.2 Å². The molecule has 29 heavy (non-hydrogen) atoms. The molecule has 0 bridgehead atoms. The van der Waals surface area contributed by atoms with Crippen LogP contribution in [-0.4, -0.2) is 53.7 Å². The molecule has 1 aliphatic rings. The van der Waals surface area contributed by atoms with Gasteiger partial charge in [-0.2, -0.15) is 0 Å². The van der Waals surface area contributed by atoms with Crippen molar-refractivity contribution in [1.29, 1.82) is 0 Å². The molecule has 0 N–H and O–H groups in total. The SMILES string of the molecule is C=CCN1C(=O)c2ccc(C(=O)OCC(=O)N(C)Cc3ccc(Cl)s3)cc2C1=O. The molecule has 0 fully saturated rings. The second kappa shape index (κ2) is 8.59. The number of imide groups is 1. The van der Waals surface area contributed by atoms with Crippen molar-refractivity contribution in [3.8, 4) is 0 Å². The predicted molar refractivity (Wildman–Crippen MR) is 108 cm³/mol. The Morgan fingerprint density at radius 1 is 1.21 bits per heavy atom. The van der Waals surface area contributed by atoms with Crippen molar-refractivity contribution in [3.63, 3.8) is 0 Å². The highest BCUT2D eigenvalue weighted by atomic mass is 35.5. The Kier molecular flexibility index (Phi) is 6.14. The molecule has 2 heterocycles. The van der Waals surface area contributed by atoms with Crippen LogP contribution in [0, 0.1) is 0 Å². The molecule has 1 aliphatic heterocycles. The Bertz CT molecular complexity index is 1020. The molecule has 3 amide bonds. The van der Waals surface area contributed by atoms with Crippen molar-refractivity contribution in [2.45, 2.75) is 6.54 Å². The number of ether oxygens (including phenoxy) is 1. The normalized spacial score (nSPS) is 12.7. The molecule has 0 saturated heterocycles. The maximum absolute atomic E-state index is 12.3. The maximum atomic E-state index is 12.3. The van der Waals surface area contributed by atoms with Crippen LogP contribution >= 0.6 is 22.9 Å². The van der Waals surface area contributed by atoms with E-state index in [1.807, 2.05) is 6.07 Å². The molecule has 7 nitrogen and oxygen atoms in total. The third-order valence-corrected chi connectivity index (χ3v) is 5.51. The van der Waals surface area contributed by atoms with Crippen LogP contribution in [0.3, 0.4) is 0 Å². The molecule has 9 heteroatoms. The van der Waals surface area contributed by atoms with Crippen LogP contribution in [0.2, 0.25) is 4.34 Å². The molecule has 0 radical (unpaired) electrons. The summed E-state index contributed by atoms with van der Waals surface area (Å²) in [6.07, 6.45) is 1.45. The molecule has 1 aromatic heterocycles. The standard InChI is InChI=1S/C20H17ClN2O5S/c1-3-8-23-18(25)14-6-4-12(9-15(14)19(23)26)20(27)28-11-17(24)22(2)10-13-5-7-16(21)29-13/h3-7,9H,1,8,10-11H2,2H3. The van der Waals surface area contributed by atoms with Crippen molar-refractivity contribution in [1.82, 2.24) is 9.80 Å². The van der Waals surface area contributed by atoms with Gasteiger partial charge in [0, 0.05) is 18.5 Å². The molecule has 0 saturated carbocycles. The van der Waals surface area contributed by atoms with Crippen LogP contribution in [0.25, 0.3) is 0 Å². The van der Waals surface area contributed by atoms with Crippen LogP contribution in [0.1, 0.15) is 36.0 Å². The first-order chi connectivity index (χ1) is 13.8. The summed E-state index contributed by atoms with van der Waals surface area (Å²) in [6.45, 7) is 3.51. The van der Waals surface area contributed by atoms with Gasteiger partial charge in [0.2, 0.25) is 0 Å². The van der Waals surface area contributed by atoms with Gasteiger partial charge in [-0.15, -0.1) is 17.9 Å². The lowest BCUT2D eigenvalue weighted by Crippen LogP contribution is -2.30. The summed E-state index contributed by atoms with van der Waals surface area (Å²) in [5.41, 5.74) is 0.439. The molecule has 1 aromatic carbocycles. The summed E-state index contributed by atoms with van der Waals surface area (Å²) in [5.74, 6) is -2.07. The zero-order chi connectivity index (χ0) is 21.1. The van der Waals surface area contributed by atoms with E-state index in [1.165, 1.54) is 40.5 Å². The highest BCUT2D eigenvalue weighted by molar-refractivity contribution is 7.16. The number of fused-ring (bicyclic) bond motifs is 1. The minimum absolute atomic E-state index is 0.0857. The molecule has 0 atom stereocenters. The number of amides is 3. The van der Waals surface area contributed by atoms with Gasteiger partial charge in [0.15, 0.2) is 6.61 Å². The first-order valence-corrected chi connectivity index (χ1v) is 9.77. The molecule has 0 aliphatic carbocycles. The molecule has 2 aromatic rings. The lowest BCUT2D eigenvalue weighted by molar-refractivity contribution is -0.133. The van der Waals surface area contributed by atoms with Gasteiger partial charge < -0.3 is 9.64 Å². The van der Waals surface area contributed by atoms with Gasteiger partial charge >= 0.3 is 5.97 Å². The quantitative estimate of drug-likeness (QED) is 0.381. The Morgan fingerprint density at radius 2 is 1.93 bits per heavy atom. The highest BCUT2D eigenvalue weighted by Gasteiger charge is 2.35. The number of esters is 1. The van der Waals surface area contributed by atoms with E-state index in [0.29, 0.717) is 10.9 Å². The first-order valence-electron chi connectivity index (χ1n) is 8.58. The minimum atomic E-state index is -0.754. The number of carbonyl (C=O) groups is 4. The topological polar surface area (TPSA) is 84.0 Å². The Hall–Kier alpha value is -2.97. The Balaban J connectivity index is 1.62. The fourth-order valence-electron chi connectivity index (χ4n) is 2.79. The first kappa shape index (κ1) is 20.8. The number of likely N-dealkylation sites (N-methyl/N-ethyl adjacent to an activating group) is 1. The van der Waals surface area contributed by atoms with Crippen molar-refractivity contribution in [3.05, 3.63) is 68.9 Å². The van der Waals surface area contributed by atoms with E-state index < -0.39 is 24.4 Å². The van der Waals surface area contributed by atoms with E-state index in [0.717, 1.165) is 9.78 Å². The highest BCUT2D eigenvalue weighted by Crippen LogP contribution is 2.24. The van der Waals surface area contributed by atoms with Gasteiger partial charge in [0.25, 0.3) is 17.7 Å². The number of hydrogen-bond acceptors (Lipinski definition) is 6. The number of halogens is 1. The van der Waals surface area contributed by atoms with Gasteiger partial charge in [-0.25, -0.2) is 4.79 Å². The largest absolute Gasteiger partial charge is 0.452 e. The Labute approximate surface area is 176 Å². The maximum Gasteiger partial charge on any atom is 0.338 e. The van der Waals surface area contributed by atoms with Gasteiger partial charge in [-0.1, -0.05) is 17.7 Å². The molecule has 3 rings (SSSR count). The second-order valence-electron chi connectivity index (χ2n) is 6.30. The Morgan fingerprint density at radius 3 is 2.59 bits per heavy atom. The number of benzene rings is 1. The van der Waals surface area contributed by atoms with Crippen LogP contribution in [0.5, 0.6) is 0 Å². The van der Waals surface area contributed by atoms with E-state index in [-0.39, 0.29) is 29.1 Å². The van der Waals surface area contributed by atoms with Crippen LogP contribution < -0.4 is 0 Å². The molecular formula is C20H17ClN2O5S. The van der Waals surface area contributed by atoms with Gasteiger partial charge in [-0.3, -0.25) is 19.3 Å². The minimum Gasteiger partial charge on any atom is -0.452 e. The summed E-state index contributed by atoms with van der Waals surface area (Å²) < 4.78 is 5.70. The van der Waals surface area contributed by atoms with Crippen LogP contribution in [-0.2, 0) is 16.1 Å². The summed E-state index contributed by atoms with van der Waals surface area (Å²) >= 11 is 7.24.